The van der Waals surface area contributed by atoms with Gasteiger partial charge in [-0.2, -0.15) is 0 Å². The first-order chi connectivity index (χ1) is 6.20. The summed E-state index contributed by atoms with van der Waals surface area (Å²) in [7, 11) is 0. The van der Waals surface area contributed by atoms with Crippen LogP contribution in [-0.4, -0.2) is 12.1 Å². The molecule has 0 fully saturated rings. The van der Waals surface area contributed by atoms with Gasteiger partial charge in [0.05, 0.1) is 0 Å². The smallest absolute Gasteiger partial charge is 0.302 e. The monoisotopic (exact) mass is 173 g/mol. The average Bonchev–Trinajstić information content (AvgIpc) is 2.09. The van der Waals surface area contributed by atoms with Crippen LogP contribution in [0.15, 0.2) is 0 Å². The molecule has 0 saturated carbocycles. The first-order valence-electron chi connectivity index (χ1n) is 5.37. The van der Waals surface area contributed by atoms with E-state index in [1.54, 1.807) is 0 Å². The van der Waals surface area contributed by atoms with E-state index >= 15 is 0 Å². The Bertz CT molecular complexity index is 129. The number of carbonyl (C=O) groups excluding carboxylic acids is 1. The van der Waals surface area contributed by atoms with Crippen molar-refractivity contribution >= 4 is 5.97 Å². The topological polar surface area (TPSA) is 26.3 Å². The van der Waals surface area contributed by atoms with Gasteiger partial charge in [-0.1, -0.05) is 33.1 Å². The van der Waals surface area contributed by atoms with Crippen LogP contribution in [0, 0.1) is 0 Å². The third-order valence-corrected chi connectivity index (χ3v) is 1.74. The second-order valence-electron chi connectivity index (χ2n) is 3.02. The molecule has 0 aromatic rings. The minimum atomic E-state index is -0.203. The lowest BCUT2D eigenvalue weighted by molar-refractivity contribution is -0.147. The van der Waals surface area contributed by atoms with Crippen molar-refractivity contribution in [2.75, 3.05) is 0 Å². The van der Waals surface area contributed by atoms with E-state index in [4.69, 9.17) is 6.11 Å². The summed E-state index contributed by atoms with van der Waals surface area (Å²) >= 11 is 0. The molecule has 0 aromatic carbocycles. The highest BCUT2D eigenvalue weighted by atomic mass is 16.5. The lowest BCUT2D eigenvalue weighted by Crippen LogP contribution is -2.15. The molecule has 2 nitrogen and oxygen atoms in total. The molecule has 0 amide bonds. The van der Waals surface area contributed by atoms with Crippen molar-refractivity contribution in [3.63, 3.8) is 0 Å². The fourth-order valence-corrected chi connectivity index (χ4v) is 1.16. The van der Waals surface area contributed by atoms with Gasteiger partial charge >= 0.3 is 5.97 Å². The molecule has 0 aromatic heterocycles. The van der Waals surface area contributed by atoms with Crippen LogP contribution >= 0.6 is 0 Å². The van der Waals surface area contributed by atoms with Gasteiger partial charge in [-0.05, 0) is 12.8 Å². The summed E-state index contributed by atoms with van der Waals surface area (Å²) in [4.78, 5) is 10.7. The SMILES string of the molecule is [2H]CCCC(CCCC)OC(C)=O. The van der Waals surface area contributed by atoms with Gasteiger partial charge < -0.3 is 4.74 Å². The standard InChI is InChI=1S/C10H20O2/c1-4-6-8-10(7-5-2)12-9(3)11/h10H,4-8H2,1-3H3/i2D. The molecule has 12 heavy (non-hydrogen) atoms. The van der Waals surface area contributed by atoms with Gasteiger partial charge in [0.15, 0.2) is 0 Å². The zero-order valence-electron chi connectivity index (χ0n) is 9.14. The van der Waals surface area contributed by atoms with Crippen LogP contribution in [0.4, 0.5) is 0 Å². The minimum absolute atomic E-state index is 0.0443. The van der Waals surface area contributed by atoms with Crippen molar-refractivity contribution in [3.05, 3.63) is 0 Å². The van der Waals surface area contributed by atoms with E-state index in [1.165, 1.54) is 6.92 Å². The number of hydrogen-bond acceptors (Lipinski definition) is 2. The third kappa shape index (κ3) is 6.20. The molecule has 0 N–H and O–H groups in total. The van der Waals surface area contributed by atoms with E-state index in [1.807, 2.05) is 0 Å². The quantitative estimate of drug-likeness (QED) is 0.577. The maximum absolute atomic E-state index is 10.7. The third-order valence-electron chi connectivity index (χ3n) is 1.74. The molecule has 0 aliphatic rings. The molecular formula is C10H20O2. The van der Waals surface area contributed by atoms with Gasteiger partial charge in [0, 0.05) is 8.29 Å². The molecule has 2 heteroatoms. The Labute approximate surface area is 76.7 Å². The zero-order valence-corrected chi connectivity index (χ0v) is 8.14. The molecular weight excluding hydrogens is 152 g/mol. The highest BCUT2D eigenvalue weighted by Crippen LogP contribution is 2.10. The molecule has 0 aliphatic heterocycles. The van der Waals surface area contributed by atoms with Crippen LogP contribution in [0.2, 0.25) is 0 Å². The largest absolute Gasteiger partial charge is 0.463 e. The maximum atomic E-state index is 10.7. The van der Waals surface area contributed by atoms with Gasteiger partial charge in [-0.15, -0.1) is 0 Å². The highest BCUT2D eigenvalue weighted by molar-refractivity contribution is 5.66. The Morgan fingerprint density at radius 3 is 2.75 bits per heavy atom. The molecule has 1 atom stereocenters. The van der Waals surface area contributed by atoms with Crippen LogP contribution in [0.25, 0.3) is 0 Å². The van der Waals surface area contributed by atoms with E-state index in [9.17, 15) is 4.79 Å². The van der Waals surface area contributed by atoms with Gasteiger partial charge in [-0.25, -0.2) is 0 Å². The van der Waals surface area contributed by atoms with Gasteiger partial charge in [-0.3, -0.25) is 4.79 Å². The van der Waals surface area contributed by atoms with Gasteiger partial charge in [0.1, 0.15) is 6.10 Å². The Balaban J connectivity index is 3.66. The molecule has 0 bridgehead atoms. The zero-order chi connectivity index (χ0) is 10.1. The fourth-order valence-electron chi connectivity index (χ4n) is 1.16. The first-order valence-corrected chi connectivity index (χ1v) is 4.67. The van der Waals surface area contributed by atoms with E-state index in [0.29, 0.717) is 6.90 Å². The highest BCUT2D eigenvalue weighted by Gasteiger charge is 2.09. The van der Waals surface area contributed by atoms with Crippen molar-refractivity contribution in [2.45, 2.75) is 59.0 Å². The van der Waals surface area contributed by atoms with Crippen LogP contribution in [0.1, 0.15) is 54.2 Å². The van der Waals surface area contributed by atoms with E-state index in [0.717, 1.165) is 32.1 Å². The summed E-state index contributed by atoms with van der Waals surface area (Å²) in [5.41, 5.74) is 0. The fraction of sp³-hybridized carbons (Fsp3) is 0.900. The minimum Gasteiger partial charge on any atom is -0.463 e. The summed E-state index contributed by atoms with van der Waals surface area (Å²) in [5, 5.41) is 0. The van der Waals surface area contributed by atoms with Gasteiger partial charge in [0.25, 0.3) is 0 Å². The Kier molecular flexibility index (Phi) is 5.68. The summed E-state index contributed by atoms with van der Waals surface area (Å²) in [5.74, 6) is -0.203. The van der Waals surface area contributed by atoms with Crippen molar-refractivity contribution in [1.82, 2.24) is 0 Å². The number of carbonyl (C=O) groups is 1. The van der Waals surface area contributed by atoms with E-state index in [-0.39, 0.29) is 12.1 Å². The number of ether oxygens (including phenoxy) is 1. The number of unbranched alkanes of at least 4 members (excludes halogenated alkanes) is 1. The maximum Gasteiger partial charge on any atom is 0.302 e. The molecule has 0 radical (unpaired) electrons. The van der Waals surface area contributed by atoms with Crippen LogP contribution in [-0.2, 0) is 9.53 Å². The first kappa shape index (κ1) is 9.56. The van der Waals surface area contributed by atoms with Crippen LogP contribution < -0.4 is 0 Å². The molecule has 0 saturated heterocycles. The van der Waals surface area contributed by atoms with Crippen LogP contribution in [0.3, 0.4) is 0 Å². The summed E-state index contributed by atoms with van der Waals surface area (Å²) in [6.07, 6.45) is 4.86. The molecule has 72 valence electrons. The molecule has 0 aliphatic carbocycles. The molecule has 0 spiro atoms. The number of rotatable bonds is 6. The van der Waals surface area contributed by atoms with Gasteiger partial charge in [0.2, 0.25) is 0 Å². The van der Waals surface area contributed by atoms with Crippen molar-refractivity contribution in [1.29, 1.82) is 0 Å². The summed E-state index contributed by atoms with van der Waals surface area (Å²) in [6, 6.07) is 0. The Morgan fingerprint density at radius 1 is 1.50 bits per heavy atom. The van der Waals surface area contributed by atoms with Crippen LogP contribution in [0.5, 0.6) is 0 Å². The number of esters is 1. The summed E-state index contributed by atoms with van der Waals surface area (Å²) in [6.45, 7) is 3.98. The normalized spacial score (nSPS) is 13.7. The Hall–Kier alpha value is -0.530. The van der Waals surface area contributed by atoms with E-state index < -0.39 is 0 Å². The Morgan fingerprint density at radius 2 is 2.25 bits per heavy atom. The molecule has 1 unspecified atom stereocenters. The molecule has 0 heterocycles. The second-order valence-corrected chi connectivity index (χ2v) is 3.02. The number of hydrogen-bond donors (Lipinski definition) is 0. The predicted molar refractivity (Wildman–Crippen MR) is 50.0 cm³/mol. The van der Waals surface area contributed by atoms with Crippen molar-refractivity contribution in [2.24, 2.45) is 0 Å². The predicted octanol–water partition coefficient (Wildman–Crippen LogP) is 2.91. The lowest BCUT2D eigenvalue weighted by Gasteiger charge is -2.15. The lowest BCUT2D eigenvalue weighted by atomic mass is 10.1. The van der Waals surface area contributed by atoms with Crippen molar-refractivity contribution in [3.8, 4) is 0 Å². The average molecular weight is 173 g/mol. The van der Waals surface area contributed by atoms with Crippen molar-refractivity contribution < 1.29 is 10.9 Å². The molecule has 0 rings (SSSR count). The summed E-state index contributed by atoms with van der Waals surface area (Å²) < 4.78 is 12.1. The second kappa shape index (κ2) is 7.14. The van der Waals surface area contributed by atoms with E-state index in [2.05, 4.69) is 6.92 Å².